The van der Waals surface area contributed by atoms with Gasteiger partial charge < -0.3 is 15.8 Å². The van der Waals surface area contributed by atoms with Gasteiger partial charge in [-0.3, -0.25) is 0 Å². The monoisotopic (exact) mass is 291 g/mol. The SMILES string of the molecule is CCC(Nc1nc(N)nc(C2CCCC2)n1)C1CCCO1. The van der Waals surface area contributed by atoms with Crippen LogP contribution in [0.5, 0.6) is 0 Å². The highest BCUT2D eigenvalue weighted by molar-refractivity contribution is 5.33. The molecule has 3 N–H and O–H groups in total. The van der Waals surface area contributed by atoms with Crippen molar-refractivity contribution in [2.75, 3.05) is 17.7 Å². The number of ether oxygens (including phenoxy) is 1. The van der Waals surface area contributed by atoms with Gasteiger partial charge >= 0.3 is 0 Å². The number of nitrogens with zero attached hydrogens (tertiary/aromatic N) is 3. The zero-order valence-corrected chi connectivity index (χ0v) is 12.7. The lowest BCUT2D eigenvalue weighted by Gasteiger charge is -2.23. The first-order chi connectivity index (χ1) is 10.3. The van der Waals surface area contributed by atoms with Crippen LogP contribution in [0.4, 0.5) is 11.9 Å². The molecule has 2 atom stereocenters. The predicted molar refractivity (Wildman–Crippen MR) is 82.1 cm³/mol. The van der Waals surface area contributed by atoms with E-state index in [0.717, 1.165) is 44.5 Å². The maximum Gasteiger partial charge on any atom is 0.228 e. The highest BCUT2D eigenvalue weighted by atomic mass is 16.5. The topological polar surface area (TPSA) is 86.0 Å². The zero-order chi connectivity index (χ0) is 14.7. The Balaban J connectivity index is 1.74. The molecule has 1 aliphatic carbocycles. The van der Waals surface area contributed by atoms with Gasteiger partial charge in [-0.15, -0.1) is 0 Å². The number of aromatic nitrogens is 3. The molecule has 0 radical (unpaired) electrons. The summed E-state index contributed by atoms with van der Waals surface area (Å²) in [7, 11) is 0. The van der Waals surface area contributed by atoms with Crippen LogP contribution in [-0.2, 0) is 4.74 Å². The third kappa shape index (κ3) is 3.43. The molecule has 21 heavy (non-hydrogen) atoms. The molecule has 2 fully saturated rings. The minimum atomic E-state index is 0.241. The summed E-state index contributed by atoms with van der Waals surface area (Å²) in [4.78, 5) is 13.2. The van der Waals surface area contributed by atoms with Crippen LogP contribution in [0.25, 0.3) is 0 Å². The second kappa shape index (κ2) is 6.56. The molecule has 6 heteroatoms. The summed E-state index contributed by atoms with van der Waals surface area (Å²) in [5.41, 5.74) is 5.86. The minimum absolute atomic E-state index is 0.241. The molecule has 3 rings (SSSR count). The van der Waals surface area contributed by atoms with Crippen molar-refractivity contribution in [3.63, 3.8) is 0 Å². The summed E-state index contributed by atoms with van der Waals surface area (Å²) in [6.45, 7) is 3.01. The molecule has 0 spiro atoms. The molecule has 0 aromatic carbocycles. The fourth-order valence-electron chi connectivity index (χ4n) is 3.38. The Morgan fingerprint density at radius 1 is 1.19 bits per heavy atom. The Labute approximate surface area is 125 Å². The Bertz CT molecular complexity index is 469. The van der Waals surface area contributed by atoms with Gasteiger partial charge in [0.25, 0.3) is 0 Å². The van der Waals surface area contributed by atoms with E-state index in [1.165, 1.54) is 12.8 Å². The molecule has 1 aromatic rings. The Kier molecular flexibility index (Phi) is 4.53. The number of hydrogen-bond acceptors (Lipinski definition) is 6. The van der Waals surface area contributed by atoms with E-state index in [1.54, 1.807) is 0 Å². The first-order valence-corrected chi connectivity index (χ1v) is 8.16. The molecule has 1 aromatic heterocycles. The second-order valence-corrected chi connectivity index (χ2v) is 6.07. The van der Waals surface area contributed by atoms with Crippen molar-refractivity contribution in [1.82, 2.24) is 15.0 Å². The van der Waals surface area contributed by atoms with Gasteiger partial charge in [0.15, 0.2) is 0 Å². The average Bonchev–Trinajstić information content (AvgIpc) is 3.16. The molecule has 6 nitrogen and oxygen atoms in total. The summed E-state index contributed by atoms with van der Waals surface area (Å²) in [5, 5.41) is 3.41. The lowest BCUT2D eigenvalue weighted by Crippen LogP contribution is -2.33. The molecule has 1 saturated heterocycles. The zero-order valence-electron chi connectivity index (χ0n) is 12.7. The van der Waals surface area contributed by atoms with Gasteiger partial charge in [-0.05, 0) is 32.1 Å². The van der Waals surface area contributed by atoms with Crippen molar-refractivity contribution in [2.24, 2.45) is 0 Å². The normalized spacial score (nSPS) is 24.3. The molecule has 116 valence electrons. The van der Waals surface area contributed by atoms with Crippen LogP contribution in [0, 0.1) is 0 Å². The van der Waals surface area contributed by atoms with Gasteiger partial charge in [-0.25, -0.2) is 0 Å². The Hall–Kier alpha value is -1.43. The molecule has 2 unspecified atom stereocenters. The molecule has 1 aliphatic heterocycles. The van der Waals surface area contributed by atoms with Crippen molar-refractivity contribution >= 4 is 11.9 Å². The maximum absolute atomic E-state index is 5.86. The number of anilines is 2. The van der Waals surface area contributed by atoms with E-state index in [4.69, 9.17) is 10.5 Å². The van der Waals surface area contributed by atoms with Crippen LogP contribution in [0.15, 0.2) is 0 Å². The third-order valence-electron chi connectivity index (χ3n) is 4.56. The van der Waals surface area contributed by atoms with E-state index in [-0.39, 0.29) is 12.1 Å². The molecule has 2 heterocycles. The number of nitrogens with two attached hydrogens (primary N) is 1. The molecule has 0 bridgehead atoms. The number of nitrogen functional groups attached to an aromatic ring is 1. The molecule has 2 aliphatic rings. The standard InChI is InChI=1S/C15H25N5O/c1-2-11(12-8-5-9-21-12)17-15-19-13(18-14(16)20-15)10-6-3-4-7-10/h10-12H,2-9H2,1H3,(H3,16,17,18,19,20). The largest absolute Gasteiger partial charge is 0.376 e. The summed E-state index contributed by atoms with van der Waals surface area (Å²) >= 11 is 0. The second-order valence-electron chi connectivity index (χ2n) is 6.07. The van der Waals surface area contributed by atoms with Crippen molar-refractivity contribution in [2.45, 2.75) is 69.9 Å². The van der Waals surface area contributed by atoms with Crippen LogP contribution in [0.3, 0.4) is 0 Å². The van der Waals surface area contributed by atoms with E-state index >= 15 is 0 Å². The summed E-state index contributed by atoms with van der Waals surface area (Å²) in [5.74, 6) is 2.21. The van der Waals surface area contributed by atoms with Gasteiger partial charge in [0.2, 0.25) is 11.9 Å². The number of rotatable bonds is 5. The van der Waals surface area contributed by atoms with E-state index < -0.39 is 0 Å². The molecular weight excluding hydrogens is 266 g/mol. The average molecular weight is 291 g/mol. The Morgan fingerprint density at radius 2 is 2.00 bits per heavy atom. The van der Waals surface area contributed by atoms with Gasteiger partial charge in [-0.1, -0.05) is 19.8 Å². The van der Waals surface area contributed by atoms with Crippen molar-refractivity contribution in [3.05, 3.63) is 5.82 Å². The van der Waals surface area contributed by atoms with E-state index in [0.29, 0.717) is 17.8 Å². The lowest BCUT2D eigenvalue weighted by atomic mass is 10.1. The van der Waals surface area contributed by atoms with Gasteiger partial charge in [0.1, 0.15) is 5.82 Å². The fourth-order valence-corrected chi connectivity index (χ4v) is 3.38. The van der Waals surface area contributed by atoms with Crippen LogP contribution in [0.1, 0.15) is 63.6 Å². The lowest BCUT2D eigenvalue weighted by molar-refractivity contribution is 0.0941. The molecule has 1 saturated carbocycles. The number of hydrogen-bond donors (Lipinski definition) is 2. The third-order valence-corrected chi connectivity index (χ3v) is 4.56. The first-order valence-electron chi connectivity index (χ1n) is 8.16. The minimum Gasteiger partial charge on any atom is -0.376 e. The first kappa shape index (κ1) is 14.5. The van der Waals surface area contributed by atoms with Gasteiger partial charge in [0, 0.05) is 12.5 Å². The number of nitrogens with one attached hydrogen (secondary N) is 1. The van der Waals surface area contributed by atoms with E-state index in [2.05, 4.69) is 27.2 Å². The maximum atomic E-state index is 5.86. The fraction of sp³-hybridized carbons (Fsp3) is 0.800. The van der Waals surface area contributed by atoms with E-state index in [1.807, 2.05) is 0 Å². The van der Waals surface area contributed by atoms with Crippen molar-refractivity contribution < 1.29 is 4.74 Å². The van der Waals surface area contributed by atoms with Crippen molar-refractivity contribution in [1.29, 1.82) is 0 Å². The highest BCUT2D eigenvalue weighted by Gasteiger charge is 2.26. The smallest absolute Gasteiger partial charge is 0.228 e. The summed E-state index contributed by atoms with van der Waals surface area (Å²) in [6, 6.07) is 0.241. The quantitative estimate of drug-likeness (QED) is 0.866. The van der Waals surface area contributed by atoms with Crippen LogP contribution < -0.4 is 11.1 Å². The molecule has 0 amide bonds. The van der Waals surface area contributed by atoms with Crippen LogP contribution in [0.2, 0.25) is 0 Å². The van der Waals surface area contributed by atoms with Crippen molar-refractivity contribution in [3.8, 4) is 0 Å². The Morgan fingerprint density at radius 3 is 2.67 bits per heavy atom. The molecular formula is C15H25N5O. The summed E-state index contributed by atoms with van der Waals surface area (Å²) < 4.78 is 5.77. The van der Waals surface area contributed by atoms with E-state index in [9.17, 15) is 0 Å². The summed E-state index contributed by atoms with van der Waals surface area (Å²) in [6.07, 6.45) is 8.30. The predicted octanol–water partition coefficient (Wildman–Crippen LogP) is 2.48. The highest BCUT2D eigenvalue weighted by Crippen LogP contribution is 2.32. The van der Waals surface area contributed by atoms with Gasteiger partial charge in [-0.2, -0.15) is 15.0 Å². The van der Waals surface area contributed by atoms with Gasteiger partial charge in [0.05, 0.1) is 12.1 Å². The van der Waals surface area contributed by atoms with Crippen LogP contribution >= 0.6 is 0 Å². The van der Waals surface area contributed by atoms with Crippen LogP contribution in [-0.4, -0.2) is 33.7 Å².